The second-order valence-corrected chi connectivity index (χ2v) is 7.11. The van der Waals surface area contributed by atoms with Gasteiger partial charge in [-0.2, -0.15) is 22.9 Å². The summed E-state index contributed by atoms with van der Waals surface area (Å²) in [4.78, 5) is 28.4. The van der Waals surface area contributed by atoms with Crippen LogP contribution in [0, 0.1) is 0 Å². The molecule has 0 fully saturated rings. The van der Waals surface area contributed by atoms with Gasteiger partial charge in [0.1, 0.15) is 5.75 Å². The first kappa shape index (κ1) is 22.7. The maximum Gasteiger partial charge on any atom is 0.416 e. The first-order chi connectivity index (χ1) is 16.2. The maximum atomic E-state index is 13.3. The van der Waals surface area contributed by atoms with E-state index in [0.717, 1.165) is 16.8 Å². The Labute approximate surface area is 190 Å². The molecule has 0 unspecified atom stereocenters. The number of para-hydroxylation sites is 2. The van der Waals surface area contributed by atoms with Crippen LogP contribution in [-0.2, 0) is 11.0 Å². The normalized spacial score (nSPS) is 11.7. The summed E-state index contributed by atoms with van der Waals surface area (Å²) in [5.74, 6) is -1.06. The van der Waals surface area contributed by atoms with Crippen LogP contribution in [0.15, 0.2) is 82.7 Å². The zero-order valence-electron chi connectivity index (χ0n) is 17.4. The summed E-state index contributed by atoms with van der Waals surface area (Å²) in [6.07, 6.45) is -3.33. The van der Waals surface area contributed by atoms with Crippen LogP contribution in [0.3, 0.4) is 0 Å². The van der Waals surface area contributed by atoms with Gasteiger partial charge in [0.15, 0.2) is 12.4 Å². The second-order valence-electron chi connectivity index (χ2n) is 7.11. The first-order valence-electron chi connectivity index (χ1n) is 9.91. The Morgan fingerprint density at radius 3 is 2.56 bits per heavy atom. The lowest BCUT2D eigenvalue weighted by atomic mass is 10.1. The molecule has 0 aliphatic carbocycles. The van der Waals surface area contributed by atoms with Gasteiger partial charge in [-0.3, -0.25) is 4.79 Å². The van der Waals surface area contributed by atoms with E-state index in [1.54, 1.807) is 36.4 Å². The SMILES string of the molecule is O=C(O)COc1ccccc1C=Nn1c(-c2cccc(C(F)(F)F)c2)nc2ccccc2c1=O. The smallest absolute Gasteiger partial charge is 0.416 e. The van der Waals surface area contributed by atoms with E-state index in [9.17, 15) is 22.8 Å². The Morgan fingerprint density at radius 1 is 1.06 bits per heavy atom. The van der Waals surface area contributed by atoms with E-state index in [1.807, 2.05) is 0 Å². The van der Waals surface area contributed by atoms with E-state index in [2.05, 4.69) is 10.1 Å². The van der Waals surface area contributed by atoms with Crippen molar-refractivity contribution >= 4 is 23.1 Å². The Hall–Kier alpha value is -4.47. The van der Waals surface area contributed by atoms with Crippen LogP contribution < -0.4 is 10.3 Å². The molecular formula is C24H16F3N3O4. The second kappa shape index (κ2) is 9.18. The Bertz CT molecular complexity index is 1460. The Kier molecular flexibility index (Phi) is 6.13. The topological polar surface area (TPSA) is 93.8 Å². The van der Waals surface area contributed by atoms with Crippen LogP contribution in [0.4, 0.5) is 13.2 Å². The molecule has 4 rings (SSSR count). The lowest BCUT2D eigenvalue weighted by molar-refractivity contribution is -0.139. The third-order valence-corrected chi connectivity index (χ3v) is 4.78. The number of carboxylic acids is 1. The molecule has 7 nitrogen and oxygen atoms in total. The molecule has 0 aliphatic heterocycles. The molecule has 1 N–H and O–H groups in total. The number of carbonyl (C=O) groups is 1. The van der Waals surface area contributed by atoms with Gasteiger partial charge in [-0.05, 0) is 36.4 Å². The van der Waals surface area contributed by atoms with Gasteiger partial charge < -0.3 is 9.84 Å². The highest BCUT2D eigenvalue weighted by molar-refractivity contribution is 5.84. The minimum atomic E-state index is -4.58. The summed E-state index contributed by atoms with van der Waals surface area (Å²) in [5, 5.41) is 13.3. The summed E-state index contributed by atoms with van der Waals surface area (Å²) >= 11 is 0. The van der Waals surface area contributed by atoms with Crippen LogP contribution in [0.2, 0.25) is 0 Å². The highest BCUT2D eigenvalue weighted by Crippen LogP contribution is 2.32. The highest BCUT2D eigenvalue weighted by atomic mass is 19.4. The first-order valence-corrected chi connectivity index (χ1v) is 9.91. The molecule has 1 aromatic heterocycles. The predicted molar refractivity (Wildman–Crippen MR) is 119 cm³/mol. The number of carboxylic acid groups (broad SMARTS) is 1. The van der Waals surface area contributed by atoms with Crippen molar-refractivity contribution in [1.29, 1.82) is 0 Å². The highest BCUT2D eigenvalue weighted by Gasteiger charge is 2.31. The molecule has 0 atom stereocenters. The van der Waals surface area contributed by atoms with E-state index < -0.39 is 29.9 Å². The van der Waals surface area contributed by atoms with Gasteiger partial charge in [0.25, 0.3) is 5.56 Å². The van der Waals surface area contributed by atoms with E-state index in [1.165, 1.54) is 30.5 Å². The fraction of sp³-hybridized carbons (Fsp3) is 0.0833. The van der Waals surface area contributed by atoms with Crippen LogP contribution in [0.5, 0.6) is 5.75 Å². The van der Waals surface area contributed by atoms with Gasteiger partial charge in [-0.1, -0.05) is 36.4 Å². The zero-order chi connectivity index (χ0) is 24.3. The fourth-order valence-electron chi connectivity index (χ4n) is 3.23. The van der Waals surface area contributed by atoms with Gasteiger partial charge >= 0.3 is 12.1 Å². The van der Waals surface area contributed by atoms with Crippen LogP contribution in [0.1, 0.15) is 11.1 Å². The van der Waals surface area contributed by atoms with Crippen LogP contribution in [0.25, 0.3) is 22.3 Å². The zero-order valence-corrected chi connectivity index (χ0v) is 17.4. The lowest BCUT2D eigenvalue weighted by Crippen LogP contribution is -2.20. The van der Waals surface area contributed by atoms with Gasteiger partial charge in [-0.25, -0.2) is 9.78 Å². The summed E-state index contributed by atoms with van der Waals surface area (Å²) in [5.41, 5.74) is -0.769. The molecule has 10 heteroatoms. The van der Waals surface area contributed by atoms with Crippen molar-refractivity contribution in [3.63, 3.8) is 0 Å². The number of nitrogens with zero attached hydrogens (tertiary/aromatic N) is 3. The predicted octanol–water partition coefficient (Wildman–Crippen LogP) is 4.43. The molecule has 0 aliphatic rings. The standard InChI is InChI=1S/C24H16F3N3O4/c25-24(26,27)17-8-5-7-15(12-17)22-29-19-10-3-2-9-18(19)23(33)30(22)28-13-16-6-1-4-11-20(16)34-14-21(31)32/h1-13H,14H2,(H,31,32). The fourth-order valence-corrected chi connectivity index (χ4v) is 3.23. The number of alkyl halides is 3. The van der Waals surface area contributed by atoms with Crippen molar-refractivity contribution in [2.45, 2.75) is 6.18 Å². The molecule has 0 amide bonds. The summed E-state index contributed by atoms with van der Waals surface area (Å²) in [6.45, 7) is -0.585. The molecule has 1 heterocycles. The third kappa shape index (κ3) is 4.80. The van der Waals surface area contributed by atoms with Gasteiger partial charge in [0.05, 0.1) is 22.7 Å². The van der Waals surface area contributed by atoms with Gasteiger partial charge in [-0.15, -0.1) is 0 Å². The molecule has 3 aromatic carbocycles. The largest absolute Gasteiger partial charge is 0.481 e. The molecule has 0 saturated heterocycles. The minimum absolute atomic E-state index is 0.0465. The average molecular weight is 467 g/mol. The Balaban J connectivity index is 1.88. The molecular weight excluding hydrogens is 451 g/mol. The molecule has 0 saturated carbocycles. The maximum absolute atomic E-state index is 13.3. The molecule has 172 valence electrons. The number of rotatable bonds is 6. The number of hydrogen-bond acceptors (Lipinski definition) is 5. The number of fused-ring (bicyclic) bond motifs is 1. The average Bonchev–Trinajstić information content (AvgIpc) is 2.82. The number of ether oxygens (including phenoxy) is 1. The van der Waals surface area contributed by atoms with E-state index in [4.69, 9.17) is 9.84 Å². The van der Waals surface area contributed by atoms with Gasteiger partial charge in [0.2, 0.25) is 0 Å². The minimum Gasteiger partial charge on any atom is -0.481 e. The number of aromatic nitrogens is 2. The number of halogens is 3. The van der Waals surface area contributed by atoms with E-state index in [-0.39, 0.29) is 22.5 Å². The lowest BCUT2D eigenvalue weighted by Gasteiger charge is -2.12. The molecule has 4 aromatic rings. The van der Waals surface area contributed by atoms with Crippen molar-refractivity contribution in [2.75, 3.05) is 6.61 Å². The summed E-state index contributed by atoms with van der Waals surface area (Å²) < 4.78 is 46.0. The quantitative estimate of drug-likeness (QED) is 0.424. The third-order valence-electron chi connectivity index (χ3n) is 4.78. The van der Waals surface area contributed by atoms with Crippen molar-refractivity contribution in [3.8, 4) is 17.1 Å². The molecule has 0 radical (unpaired) electrons. The summed E-state index contributed by atoms with van der Waals surface area (Å²) in [6, 6.07) is 17.3. The van der Waals surface area contributed by atoms with Crippen molar-refractivity contribution in [2.24, 2.45) is 5.10 Å². The number of hydrogen-bond donors (Lipinski definition) is 1. The monoisotopic (exact) mass is 467 g/mol. The van der Waals surface area contributed by atoms with Crippen LogP contribution >= 0.6 is 0 Å². The molecule has 0 bridgehead atoms. The van der Waals surface area contributed by atoms with Crippen molar-refractivity contribution < 1.29 is 27.8 Å². The summed E-state index contributed by atoms with van der Waals surface area (Å²) in [7, 11) is 0. The van der Waals surface area contributed by atoms with Crippen LogP contribution in [-0.4, -0.2) is 33.6 Å². The molecule has 0 spiro atoms. The number of benzene rings is 3. The van der Waals surface area contributed by atoms with Gasteiger partial charge in [0, 0.05) is 11.1 Å². The molecule has 34 heavy (non-hydrogen) atoms. The van der Waals surface area contributed by atoms with E-state index in [0.29, 0.717) is 11.1 Å². The van der Waals surface area contributed by atoms with Crippen molar-refractivity contribution in [3.05, 3.63) is 94.3 Å². The number of aliphatic carboxylic acids is 1. The van der Waals surface area contributed by atoms with Crippen molar-refractivity contribution in [1.82, 2.24) is 9.66 Å². The van der Waals surface area contributed by atoms with E-state index >= 15 is 0 Å². The Morgan fingerprint density at radius 2 is 1.79 bits per heavy atom.